The molecule has 3 aromatic heterocycles. The van der Waals surface area contributed by atoms with Gasteiger partial charge in [-0.3, -0.25) is 4.79 Å². The van der Waals surface area contributed by atoms with Crippen molar-refractivity contribution in [3.63, 3.8) is 0 Å². The van der Waals surface area contributed by atoms with E-state index in [9.17, 15) is 4.79 Å². The maximum absolute atomic E-state index is 13.5. The molecule has 36 heavy (non-hydrogen) atoms. The Morgan fingerprint density at radius 1 is 1.31 bits per heavy atom. The molecule has 6 rings (SSSR count). The van der Waals surface area contributed by atoms with Crippen LogP contribution in [0.3, 0.4) is 0 Å². The third-order valence-corrected chi connectivity index (χ3v) is 8.20. The van der Waals surface area contributed by atoms with Crippen molar-refractivity contribution in [3.05, 3.63) is 41.5 Å². The molecular weight excluding hydrogens is 452 g/mol. The average molecular weight is 483 g/mol. The molecule has 8 heteroatoms. The fraction of sp³-hybridized carbons (Fsp3) is 0.429. The van der Waals surface area contributed by atoms with Crippen LogP contribution in [0.4, 0.5) is 5.82 Å². The van der Waals surface area contributed by atoms with Crippen LogP contribution < -0.4 is 5.73 Å². The van der Waals surface area contributed by atoms with Gasteiger partial charge in [0.15, 0.2) is 0 Å². The molecule has 1 atom stereocenters. The number of carbonyl (C=O) groups excluding carboxylic acids is 1. The average Bonchev–Trinajstić information content (AvgIpc) is 3.45. The van der Waals surface area contributed by atoms with E-state index in [-0.39, 0.29) is 17.4 Å². The topological polar surface area (TPSA) is 99.2 Å². The van der Waals surface area contributed by atoms with E-state index >= 15 is 0 Å². The van der Waals surface area contributed by atoms with Crippen LogP contribution >= 0.6 is 0 Å². The van der Waals surface area contributed by atoms with E-state index in [2.05, 4.69) is 36.4 Å². The number of hydrogen-bond acceptors (Lipinski definition) is 6. The zero-order valence-corrected chi connectivity index (χ0v) is 20.8. The summed E-state index contributed by atoms with van der Waals surface area (Å²) in [4.78, 5) is 28.9. The lowest BCUT2D eigenvalue weighted by molar-refractivity contribution is -0.162. The number of carbonyl (C=O) groups is 1. The highest BCUT2D eigenvalue weighted by Crippen LogP contribution is 2.44. The van der Waals surface area contributed by atoms with Gasteiger partial charge in [0.1, 0.15) is 23.5 Å². The summed E-state index contributed by atoms with van der Waals surface area (Å²) in [5.41, 5.74) is 12.9. The van der Waals surface area contributed by atoms with Crippen LogP contribution in [0.25, 0.3) is 27.9 Å². The third-order valence-electron chi connectivity index (χ3n) is 8.20. The molecule has 2 fully saturated rings. The van der Waals surface area contributed by atoms with Gasteiger partial charge in [0, 0.05) is 36.8 Å². The molecule has 1 aliphatic carbocycles. The van der Waals surface area contributed by atoms with Crippen LogP contribution in [0, 0.1) is 25.2 Å². The molecule has 2 aliphatic heterocycles. The summed E-state index contributed by atoms with van der Waals surface area (Å²) in [6.07, 6.45) is 15.5. The lowest BCUT2D eigenvalue weighted by Crippen LogP contribution is -2.61. The first kappa shape index (κ1) is 22.7. The minimum atomic E-state index is -0.0509. The molecule has 0 unspecified atom stereocenters. The van der Waals surface area contributed by atoms with Crippen LogP contribution in [0.2, 0.25) is 0 Å². The van der Waals surface area contributed by atoms with E-state index in [1.807, 2.05) is 26.2 Å². The van der Waals surface area contributed by atoms with Crippen molar-refractivity contribution < 1.29 is 9.53 Å². The molecule has 1 amide bonds. The Labute approximate surface area is 210 Å². The van der Waals surface area contributed by atoms with Crippen LogP contribution in [0.5, 0.6) is 0 Å². The summed E-state index contributed by atoms with van der Waals surface area (Å²) in [5, 5.41) is 0.844. The Balaban J connectivity index is 1.40. The second-order valence-corrected chi connectivity index (χ2v) is 10.3. The number of terminal acetylenes is 1. The summed E-state index contributed by atoms with van der Waals surface area (Å²) in [6, 6.07) is 1.92. The van der Waals surface area contributed by atoms with E-state index in [4.69, 9.17) is 16.9 Å². The molecule has 0 bridgehead atoms. The normalized spacial score (nSPS) is 20.9. The molecule has 3 aliphatic rings. The van der Waals surface area contributed by atoms with Gasteiger partial charge < -0.3 is 19.9 Å². The Kier molecular flexibility index (Phi) is 5.34. The molecule has 1 spiro atoms. The number of amides is 1. The fourth-order valence-electron chi connectivity index (χ4n) is 6.21. The van der Waals surface area contributed by atoms with Gasteiger partial charge in [-0.25, -0.2) is 15.0 Å². The van der Waals surface area contributed by atoms with Gasteiger partial charge in [0.25, 0.3) is 0 Å². The van der Waals surface area contributed by atoms with Crippen molar-refractivity contribution in [1.82, 2.24) is 24.4 Å². The van der Waals surface area contributed by atoms with E-state index in [1.54, 1.807) is 0 Å². The molecule has 5 heterocycles. The fourth-order valence-corrected chi connectivity index (χ4v) is 6.21. The van der Waals surface area contributed by atoms with E-state index in [0.717, 1.165) is 65.6 Å². The summed E-state index contributed by atoms with van der Waals surface area (Å²) >= 11 is 0. The van der Waals surface area contributed by atoms with E-state index < -0.39 is 0 Å². The largest absolute Gasteiger partial charge is 0.383 e. The number of nitrogens with zero attached hydrogens (tertiary/aromatic N) is 5. The van der Waals surface area contributed by atoms with Crippen molar-refractivity contribution in [2.45, 2.75) is 44.6 Å². The molecule has 0 saturated carbocycles. The molecule has 3 aromatic rings. The highest BCUT2D eigenvalue weighted by molar-refractivity contribution is 6.04. The maximum atomic E-state index is 13.5. The molecule has 184 valence electrons. The number of allylic oxidation sites excluding steroid dienone is 2. The van der Waals surface area contributed by atoms with Gasteiger partial charge in [0.2, 0.25) is 5.91 Å². The first-order valence-corrected chi connectivity index (χ1v) is 12.5. The molecule has 0 radical (unpaired) electrons. The van der Waals surface area contributed by atoms with Crippen molar-refractivity contribution in [2.75, 3.05) is 25.5 Å². The Morgan fingerprint density at radius 2 is 2.14 bits per heavy atom. The zero-order chi connectivity index (χ0) is 25.0. The van der Waals surface area contributed by atoms with Crippen molar-refractivity contribution >= 4 is 28.3 Å². The summed E-state index contributed by atoms with van der Waals surface area (Å²) in [6.45, 7) is 4.24. The lowest BCUT2D eigenvalue weighted by Gasteiger charge is -2.46. The van der Waals surface area contributed by atoms with Crippen LogP contribution in [0.15, 0.2) is 24.7 Å². The predicted molar refractivity (Wildman–Crippen MR) is 139 cm³/mol. The van der Waals surface area contributed by atoms with Gasteiger partial charge in [0.05, 0.1) is 29.8 Å². The molecular formula is C28H30N6O2. The van der Waals surface area contributed by atoms with Crippen molar-refractivity contribution in [3.8, 4) is 23.6 Å². The van der Waals surface area contributed by atoms with Gasteiger partial charge in [-0.15, -0.1) is 6.42 Å². The zero-order valence-electron chi connectivity index (χ0n) is 20.8. The molecule has 0 aromatic carbocycles. The standard InChI is InChI=1S/C28H30N6O2/c1-4-20-12-17(2)21(13-30-20)24-22(23-25(29)31-16-32-26(23)33(24)3)18-6-8-19(9-7-18)27(35)34-11-5-10-28(34)14-36-15-28/h1,6,12-13,16,19H,5,7-11,14-15H2,2-3H3,(H2,29,31,32)/t19-/m1/s1. The number of hydrogen-bond donors (Lipinski definition) is 1. The Hall–Kier alpha value is -3.70. The first-order chi connectivity index (χ1) is 17.4. The predicted octanol–water partition coefficient (Wildman–Crippen LogP) is 3.48. The number of aryl methyl sites for hydroxylation is 2. The third kappa shape index (κ3) is 3.34. The van der Waals surface area contributed by atoms with Crippen LogP contribution in [0.1, 0.15) is 48.9 Å². The molecule has 8 nitrogen and oxygen atoms in total. The minimum absolute atomic E-state index is 0.00494. The monoisotopic (exact) mass is 482 g/mol. The second kappa shape index (κ2) is 8.45. The number of anilines is 1. The van der Waals surface area contributed by atoms with Gasteiger partial charge in [-0.1, -0.05) is 12.0 Å². The minimum Gasteiger partial charge on any atom is -0.383 e. The number of pyridine rings is 1. The van der Waals surface area contributed by atoms with Crippen molar-refractivity contribution in [1.29, 1.82) is 0 Å². The van der Waals surface area contributed by atoms with Gasteiger partial charge in [-0.05, 0) is 56.2 Å². The summed E-state index contributed by atoms with van der Waals surface area (Å²) < 4.78 is 7.55. The summed E-state index contributed by atoms with van der Waals surface area (Å²) in [7, 11) is 1.99. The second-order valence-electron chi connectivity index (χ2n) is 10.3. The number of nitrogen functional groups attached to an aromatic ring is 1. The number of likely N-dealkylation sites (tertiary alicyclic amines) is 1. The maximum Gasteiger partial charge on any atom is 0.226 e. The Bertz CT molecular complexity index is 1460. The van der Waals surface area contributed by atoms with E-state index in [0.29, 0.717) is 31.1 Å². The number of ether oxygens (including phenoxy) is 1. The first-order valence-electron chi connectivity index (χ1n) is 12.5. The highest BCUT2D eigenvalue weighted by atomic mass is 16.5. The number of fused-ring (bicyclic) bond motifs is 1. The van der Waals surface area contributed by atoms with Crippen LogP contribution in [-0.2, 0) is 16.6 Å². The quantitative estimate of drug-likeness (QED) is 0.574. The number of aromatic nitrogens is 4. The lowest BCUT2D eigenvalue weighted by atomic mass is 9.83. The highest BCUT2D eigenvalue weighted by Gasteiger charge is 2.50. The van der Waals surface area contributed by atoms with Crippen LogP contribution in [-0.4, -0.2) is 55.6 Å². The molecule has 2 saturated heterocycles. The molecule has 2 N–H and O–H groups in total. The summed E-state index contributed by atoms with van der Waals surface area (Å²) in [5.74, 6) is 3.33. The van der Waals surface area contributed by atoms with Crippen molar-refractivity contribution in [2.24, 2.45) is 13.0 Å². The number of rotatable bonds is 3. The van der Waals surface area contributed by atoms with Gasteiger partial charge >= 0.3 is 0 Å². The van der Waals surface area contributed by atoms with E-state index in [1.165, 1.54) is 11.9 Å². The Morgan fingerprint density at radius 3 is 2.81 bits per heavy atom. The number of nitrogens with two attached hydrogens (primary N) is 1. The SMILES string of the molecule is C#Cc1cc(C)c(-c2c(C3=CC[C@@H](C(=O)N4CCCC45COC5)CC3)c3c(N)ncnc3n2C)cn1. The van der Waals surface area contributed by atoms with Gasteiger partial charge in [-0.2, -0.15) is 0 Å². The smallest absolute Gasteiger partial charge is 0.226 e.